The number of rotatable bonds is 2. The Hall–Kier alpha value is -2.33. The van der Waals surface area contributed by atoms with Gasteiger partial charge in [-0.1, -0.05) is 48.5 Å². The number of anilines is 1. The van der Waals surface area contributed by atoms with Gasteiger partial charge in [0.2, 0.25) is 0 Å². The zero-order valence-electron chi connectivity index (χ0n) is 15.0. The number of fused-ring (bicyclic) bond motifs is 1. The van der Waals surface area contributed by atoms with Crippen LogP contribution in [0.25, 0.3) is 0 Å². The minimum atomic E-state index is -0.821. The molecule has 132 valence electrons. The van der Waals surface area contributed by atoms with Crippen molar-refractivity contribution in [1.82, 2.24) is 0 Å². The first-order valence-corrected chi connectivity index (χ1v) is 8.65. The van der Waals surface area contributed by atoms with E-state index in [1.54, 1.807) is 4.90 Å². The van der Waals surface area contributed by atoms with Gasteiger partial charge in [0.05, 0.1) is 17.8 Å². The van der Waals surface area contributed by atoms with Crippen LogP contribution in [0.5, 0.6) is 0 Å². The average molecular weight is 339 g/mol. The monoisotopic (exact) mass is 339 g/mol. The molecule has 1 unspecified atom stereocenters. The van der Waals surface area contributed by atoms with E-state index < -0.39 is 17.2 Å². The predicted molar refractivity (Wildman–Crippen MR) is 98.7 cm³/mol. The highest BCUT2D eigenvalue weighted by molar-refractivity contribution is 5.91. The molecule has 1 heterocycles. The molecule has 1 N–H and O–H groups in total. The average Bonchev–Trinajstić information content (AvgIpc) is 2.59. The summed E-state index contributed by atoms with van der Waals surface area (Å²) in [4.78, 5) is 14.8. The Morgan fingerprint density at radius 1 is 1.12 bits per heavy atom. The number of aryl methyl sites for hydroxylation is 1. The molecule has 3 rings (SSSR count). The zero-order chi connectivity index (χ0) is 18.1. The van der Waals surface area contributed by atoms with Gasteiger partial charge in [0.25, 0.3) is 0 Å². The van der Waals surface area contributed by atoms with Crippen molar-refractivity contribution < 1.29 is 14.6 Å². The molecular weight excluding hydrogens is 314 g/mol. The maximum Gasteiger partial charge on any atom is 0.415 e. The summed E-state index contributed by atoms with van der Waals surface area (Å²) in [5.74, 6) is 0. The van der Waals surface area contributed by atoms with E-state index in [2.05, 4.69) is 0 Å². The van der Waals surface area contributed by atoms with E-state index in [-0.39, 0.29) is 6.61 Å². The van der Waals surface area contributed by atoms with Crippen LogP contribution in [-0.2, 0) is 16.7 Å². The van der Waals surface area contributed by atoms with Crippen LogP contribution in [-0.4, -0.2) is 23.4 Å². The van der Waals surface area contributed by atoms with Crippen molar-refractivity contribution in [2.24, 2.45) is 0 Å². The number of hydrogen-bond acceptors (Lipinski definition) is 3. The van der Waals surface area contributed by atoms with Gasteiger partial charge in [-0.2, -0.15) is 0 Å². The van der Waals surface area contributed by atoms with Gasteiger partial charge in [-0.3, -0.25) is 4.90 Å². The van der Waals surface area contributed by atoms with Crippen molar-refractivity contribution in [2.75, 3.05) is 11.5 Å². The molecule has 2 aromatic carbocycles. The number of hydrogen-bond donors (Lipinski definition) is 1. The minimum Gasteiger partial charge on any atom is -0.443 e. The zero-order valence-corrected chi connectivity index (χ0v) is 15.0. The number of aliphatic hydroxyl groups is 1. The van der Waals surface area contributed by atoms with E-state index in [1.165, 1.54) is 0 Å². The van der Waals surface area contributed by atoms with Crippen molar-refractivity contribution in [2.45, 2.75) is 44.8 Å². The predicted octanol–water partition coefficient (Wildman–Crippen LogP) is 4.26. The second kappa shape index (κ2) is 6.52. The molecule has 0 aliphatic carbocycles. The molecule has 0 spiro atoms. The van der Waals surface area contributed by atoms with E-state index in [9.17, 15) is 9.90 Å². The summed E-state index contributed by atoms with van der Waals surface area (Å²) in [6, 6.07) is 17.5. The second-order valence-corrected chi connectivity index (χ2v) is 7.50. The van der Waals surface area contributed by atoms with Crippen LogP contribution < -0.4 is 4.90 Å². The summed E-state index contributed by atoms with van der Waals surface area (Å²) >= 11 is 0. The quantitative estimate of drug-likeness (QED) is 0.889. The standard InChI is InChI=1S/C21H25NO3/c1-20(2,3)25-19(24)22-18-12-8-7-9-16(18)13-14-21(22,15-23)17-10-5-4-6-11-17/h4-12,23H,13-15H2,1-3H3. The third kappa shape index (κ3) is 3.27. The molecular formula is C21H25NO3. The maximum absolute atomic E-state index is 13.1. The van der Waals surface area contributed by atoms with Gasteiger partial charge in [0.1, 0.15) is 5.60 Å². The van der Waals surface area contributed by atoms with Crippen molar-refractivity contribution in [3.63, 3.8) is 0 Å². The number of ether oxygens (including phenoxy) is 1. The van der Waals surface area contributed by atoms with Crippen LogP contribution in [0, 0.1) is 0 Å². The van der Waals surface area contributed by atoms with Crippen molar-refractivity contribution in [1.29, 1.82) is 0 Å². The molecule has 0 radical (unpaired) electrons. The molecule has 1 aliphatic rings. The number of carbonyl (C=O) groups excluding carboxylic acids is 1. The second-order valence-electron chi connectivity index (χ2n) is 7.50. The Bertz CT molecular complexity index is 751. The fourth-order valence-corrected chi connectivity index (χ4v) is 3.47. The fourth-order valence-electron chi connectivity index (χ4n) is 3.47. The summed E-state index contributed by atoms with van der Waals surface area (Å²) in [7, 11) is 0. The van der Waals surface area contributed by atoms with E-state index >= 15 is 0 Å². The van der Waals surface area contributed by atoms with Crippen LogP contribution in [0.4, 0.5) is 10.5 Å². The Morgan fingerprint density at radius 3 is 2.40 bits per heavy atom. The molecule has 2 aromatic rings. The molecule has 25 heavy (non-hydrogen) atoms. The highest BCUT2D eigenvalue weighted by Gasteiger charge is 2.46. The smallest absolute Gasteiger partial charge is 0.415 e. The molecule has 0 saturated heterocycles. The van der Waals surface area contributed by atoms with Gasteiger partial charge >= 0.3 is 6.09 Å². The van der Waals surface area contributed by atoms with Gasteiger partial charge in [0, 0.05) is 0 Å². The molecule has 4 nitrogen and oxygen atoms in total. The van der Waals surface area contributed by atoms with Crippen molar-refractivity contribution >= 4 is 11.8 Å². The summed E-state index contributed by atoms with van der Waals surface area (Å²) in [5.41, 5.74) is 1.38. The summed E-state index contributed by atoms with van der Waals surface area (Å²) in [6.45, 7) is 5.39. The minimum absolute atomic E-state index is 0.162. The Morgan fingerprint density at radius 2 is 1.76 bits per heavy atom. The van der Waals surface area contributed by atoms with Crippen LogP contribution in [0.15, 0.2) is 54.6 Å². The molecule has 0 fully saturated rings. The van der Waals surface area contributed by atoms with Crippen molar-refractivity contribution in [3.8, 4) is 0 Å². The van der Waals surface area contributed by atoms with Gasteiger partial charge < -0.3 is 9.84 Å². The first kappa shape index (κ1) is 17.5. The number of carbonyl (C=O) groups is 1. The van der Waals surface area contributed by atoms with Crippen LogP contribution in [0.3, 0.4) is 0 Å². The Balaban J connectivity index is 2.15. The largest absolute Gasteiger partial charge is 0.443 e. The van der Waals surface area contributed by atoms with E-state index in [0.717, 1.165) is 23.2 Å². The van der Waals surface area contributed by atoms with Crippen molar-refractivity contribution in [3.05, 3.63) is 65.7 Å². The van der Waals surface area contributed by atoms with Gasteiger partial charge in [-0.25, -0.2) is 4.79 Å². The van der Waals surface area contributed by atoms with E-state index in [4.69, 9.17) is 4.74 Å². The maximum atomic E-state index is 13.1. The summed E-state index contributed by atoms with van der Waals surface area (Å²) < 4.78 is 5.69. The first-order chi connectivity index (χ1) is 11.9. The molecule has 1 aliphatic heterocycles. The van der Waals surface area contributed by atoms with Gasteiger partial charge in [-0.15, -0.1) is 0 Å². The van der Waals surface area contributed by atoms with Crippen LogP contribution in [0.2, 0.25) is 0 Å². The highest BCUT2D eigenvalue weighted by Crippen LogP contribution is 2.43. The number of amides is 1. The van der Waals surface area contributed by atoms with Gasteiger partial charge in [0.15, 0.2) is 0 Å². The molecule has 1 amide bonds. The molecule has 0 bridgehead atoms. The molecule has 0 aromatic heterocycles. The topological polar surface area (TPSA) is 49.8 Å². The van der Waals surface area contributed by atoms with Crippen LogP contribution >= 0.6 is 0 Å². The Kier molecular flexibility index (Phi) is 4.56. The third-order valence-corrected chi connectivity index (χ3v) is 4.62. The molecule has 0 saturated carbocycles. The SMILES string of the molecule is CC(C)(C)OC(=O)N1c2ccccc2CCC1(CO)c1ccccc1. The number of aliphatic hydroxyl groups excluding tert-OH is 1. The van der Waals surface area contributed by atoms with E-state index in [1.807, 2.05) is 75.4 Å². The van der Waals surface area contributed by atoms with Crippen LogP contribution in [0.1, 0.15) is 38.3 Å². The number of para-hydroxylation sites is 1. The first-order valence-electron chi connectivity index (χ1n) is 8.65. The lowest BCUT2D eigenvalue weighted by molar-refractivity contribution is 0.0478. The van der Waals surface area contributed by atoms with E-state index in [0.29, 0.717) is 6.42 Å². The molecule has 1 atom stereocenters. The highest BCUT2D eigenvalue weighted by atomic mass is 16.6. The summed E-state index contributed by atoms with van der Waals surface area (Å²) in [5, 5.41) is 10.4. The fraction of sp³-hybridized carbons (Fsp3) is 0.381. The normalized spacial score (nSPS) is 20.1. The lowest BCUT2D eigenvalue weighted by Gasteiger charge is -2.47. The molecule has 4 heteroatoms. The Labute approximate surface area is 149 Å². The van der Waals surface area contributed by atoms with Gasteiger partial charge in [-0.05, 0) is 50.8 Å². The third-order valence-electron chi connectivity index (χ3n) is 4.62. The lowest BCUT2D eigenvalue weighted by atomic mass is 9.79. The number of nitrogens with zero attached hydrogens (tertiary/aromatic N) is 1. The summed E-state index contributed by atoms with van der Waals surface area (Å²) in [6.07, 6.45) is 1.01. The number of benzene rings is 2. The lowest BCUT2D eigenvalue weighted by Crippen LogP contribution is -2.56.